The molecule has 1 fully saturated rings. The zero-order valence-corrected chi connectivity index (χ0v) is 18.7. The van der Waals surface area contributed by atoms with Gasteiger partial charge in [0.2, 0.25) is 0 Å². The van der Waals surface area contributed by atoms with Gasteiger partial charge in [0.25, 0.3) is 0 Å². The number of aliphatic hydroxyl groups is 1. The fourth-order valence-corrected chi connectivity index (χ4v) is 5.71. The molecule has 1 saturated heterocycles. The van der Waals surface area contributed by atoms with Gasteiger partial charge < -0.3 is 14.6 Å². The summed E-state index contributed by atoms with van der Waals surface area (Å²) in [6.07, 6.45) is -0.156. The second kappa shape index (κ2) is 9.81. The Balaban J connectivity index is 1.67. The van der Waals surface area contributed by atoms with Gasteiger partial charge in [-0.15, -0.1) is 0 Å². The fraction of sp³-hybridized carbons (Fsp3) is 0.478. The highest BCUT2D eigenvalue weighted by molar-refractivity contribution is 7.91. The monoisotopic (exact) mass is 433 g/mol. The largest absolute Gasteiger partial charge is 0.497 e. The molecule has 0 bridgehead atoms. The first-order valence-electron chi connectivity index (χ1n) is 10.2. The van der Waals surface area contributed by atoms with E-state index in [4.69, 9.17) is 9.47 Å². The molecule has 2 aromatic rings. The number of hydrogen-bond acceptors (Lipinski definition) is 6. The summed E-state index contributed by atoms with van der Waals surface area (Å²) in [5.74, 6) is 1.81. The maximum Gasteiger partial charge on any atom is 0.151 e. The van der Waals surface area contributed by atoms with E-state index in [-0.39, 0.29) is 24.2 Å². The van der Waals surface area contributed by atoms with Crippen molar-refractivity contribution in [3.05, 3.63) is 59.2 Å². The van der Waals surface area contributed by atoms with Crippen LogP contribution in [-0.2, 0) is 16.4 Å². The lowest BCUT2D eigenvalue weighted by atomic mass is 10.1. The number of hydrogen-bond donors (Lipinski definition) is 1. The minimum absolute atomic E-state index is 0.114. The molecule has 0 aromatic heterocycles. The van der Waals surface area contributed by atoms with Gasteiger partial charge in [0.15, 0.2) is 9.84 Å². The molecule has 1 aliphatic rings. The van der Waals surface area contributed by atoms with Crippen molar-refractivity contribution in [3.8, 4) is 11.5 Å². The minimum atomic E-state index is -3.03. The van der Waals surface area contributed by atoms with E-state index in [1.807, 2.05) is 50.2 Å². The quantitative estimate of drug-likeness (QED) is 0.655. The van der Waals surface area contributed by atoms with Gasteiger partial charge in [-0.1, -0.05) is 18.2 Å². The van der Waals surface area contributed by atoms with E-state index in [9.17, 15) is 13.5 Å². The standard InChI is InChI=1S/C23H31NO5S/c1-17-9-18(2)11-23(10-17)29-15-21(25)14-24(20-7-8-30(26,27)16-20)13-19-5-4-6-22(12-19)28-3/h4-6,9-12,20-21,25H,7-8,13-16H2,1-3H3. The Hall–Kier alpha value is -2.09. The van der Waals surface area contributed by atoms with Gasteiger partial charge in [-0.05, 0) is 61.2 Å². The van der Waals surface area contributed by atoms with E-state index >= 15 is 0 Å². The van der Waals surface area contributed by atoms with Crippen LogP contribution in [0.2, 0.25) is 0 Å². The third-order valence-corrected chi connectivity index (χ3v) is 7.08. The smallest absolute Gasteiger partial charge is 0.151 e. The van der Waals surface area contributed by atoms with Crippen molar-refractivity contribution in [1.82, 2.24) is 4.90 Å². The molecule has 6 nitrogen and oxygen atoms in total. The molecule has 3 rings (SSSR count). The lowest BCUT2D eigenvalue weighted by Crippen LogP contribution is -2.42. The van der Waals surface area contributed by atoms with Crippen molar-refractivity contribution < 1.29 is 23.0 Å². The summed E-state index contributed by atoms with van der Waals surface area (Å²) in [5.41, 5.74) is 3.23. The fourth-order valence-electron chi connectivity index (χ4n) is 3.94. The van der Waals surface area contributed by atoms with Gasteiger partial charge >= 0.3 is 0 Å². The lowest BCUT2D eigenvalue weighted by Gasteiger charge is -2.30. The molecule has 2 aromatic carbocycles. The average Bonchev–Trinajstić information content (AvgIpc) is 3.05. The third kappa shape index (κ3) is 6.45. The molecule has 2 atom stereocenters. The number of sulfone groups is 1. The first-order valence-corrected chi connectivity index (χ1v) is 12.0. The average molecular weight is 434 g/mol. The maximum atomic E-state index is 12.0. The molecule has 0 saturated carbocycles. The molecular weight excluding hydrogens is 402 g/mol. The zero-order valence-electron chi connectivity index (χ0n) is 17.9. The van der Waals surface area contributed by atoms with Crippen molar-refractivity contribution >= 4 is 9.84 Å². The predicted molar refractivity (Wildman–Crippen MR) is 118 cm³/mol. The number of methoxy groups -OCH3 is 1. The first kappa shape index (κ1) is 22.6. The molecule has 1 heterocycles. The van der Waals surface area contributed by atoms with Gasteiger partial charge in [0.05, 0.1) is 18.6 Å². The van der Waals surface area contributed by atoms with Crippen LogP contribution >= 0.6 is 0 Å². The van der Waals surface area contributed by atoms with Crippen molar-refractivity contribution in [2.24, 2.45) is 0 Å². The van der Waals surface area contributed by atoms with E-state index in [0.29, 0.717) is 19.5 Å². The normalized spacial score (nSPS) is 19.0. The molecule has 1 N–H and O–H groups in total. The maximum absolute atomic E-state index is 12.0. The zero-order chi connectivity index (χ0) is 21.7. The molecule has 7 heteroatoms. The van der Waals surface area contributed by atoms with Crippen LogP contribution < -0.4 is 9.47 Å². The molecule has 2 unspecified atom stereocenters. The number of aryl methyl sites for hydroxylation is 2. The Morgan fingerprint density at radius 1 is 1.13 bits per heavy atom. The van der Waals surface area contributed by atoms with E-state index < -0.39 is 15.9 Å². The van der Waals surface area contributed by atoms with Crippen LogP contribution in [0.5, 0.6) is 11.5 Å². The topological polar surface area (TPSA) is 76.1 Å². The SMILES string of the molecule is COc1cccc(CN(CC(O)COc2cc(C)cc(C)c2)C2CCS(=O)(=O)C2)c1. The van der Waals surface area contributed by atoms with Crippen molar-refractivity contribution in [2.75, 3.05) is 31.8 Å². The molecule has 1 aliphatic heterocycles. The van der Waals surface area contributed by atoms with Crippen LogP contribution in [0.15, 0.2) is 42.5 Å². The van der Waals surface area contributed by atoms with Gasteiger partial charge in [0, 0.05) is 19.1 Å². The Labute approximate surface area is 179 Å². The van der Waals surface area contributed by atoms with Crippen LogP contribution in [0.3, 0.4) is 0 Å². The molecule has 0 radical (unpaired) electrons. The van der Waals surface area contributed by atoms with Crippen LogP contribution in [0.4, 0.5) is 0 Å². The second-order valence-corrected chi connectivity index (χ2v) is 10.4. The summed E-state index contributed by atoms with van der Waals surface area (Å²) in [4.78, 5) is 2.05. The Morgan fingerprint density at radius 2 is 1.87 bits per heavy atom. The summed E-state index contributed by atoms with van der Waals surface area (Å²) < 4.78 is 35.2. The number of ether oxygens (including phenoxy) is 2. The van der Waals surface area contributed by atoms with Crippen molar-refractivity contribution in [1.29, 1.82) is 0 Å². The number of aliphatic hydroxyl groups excluding tert-OH is 1. The van der Waals surface area contributed by atoms with Gasteiger partial charge in [-0.3, -0.25) is 4.90 Å². The highest BCUT2D eigenvalue weighted by Gasteiger charge is 2.33. The molecule has 0 spiro atoms. The summed E-state index contributed by atoms with van der Waals surface area (Å²) in [6.45, 7) is 5.04. The van der Waals surface area contributed by atoms with E-state index in [1.54, 1.807) is 7.11 Å². The number of benzene rings is 2. The highest BCUT2D eigenvalue weighted by Crippen LogP contribution is 2.22. The minimum Gasteiger partial charge on any atom is -0.497 e. The Morgan fingerprint density at radius 3 is 2.50 bits per heavy atom. The van der Waals surface area contributed by atoms with Gasteiger partial charge in [0.1, 0.15) is 24.2 Å². The lowest BCUT2D eigenvalue weighted by molar-refractivity contribution is 0.0524. The van der Waals surface area contributed by atoms with E-state index in [0.717, 1.165) is 28.2 Å². The predicted octanol–water partition coefficient (Wildman–Crippen LogP) is 2.74. The molecule has 30 heavy (non-hydrogen) atoms. The second-order valence-electron chi connectivity index (χ2n) is 8.13. The third-order valence-electron chi connectivity index (χ3n) is 5.33. The summed E-state index contributed by atoms with van der Waals surface area (Å²) in [5, 5.41) is 10.6. The Bertz CT molecular complexity index is 940. The van der Waals surface area contributed by atoms with Gasteiger partial charge in [-0.25, -0.2) is 8.42 Å². The van der Waals surface area contributed by atoms with Crippen molar-refractivity contribution in [3.63, 3.8) is 0 Å². The molecule has 0 aliphatic carbocycles. The Kier molecular flexibility index (Phi) is 7.39. The summed E-state index contributed by atoms with van der Waals surface area (Å²) in [6, 6.07) is 13.6. The highest BCUT2D eigenvalue weighted by atomic mass is 32.2. The van der Waals surface area contributed by atoms with Crippen LogP contribution in [0.25, 0.3) is 0 Å². The summed E-state index contributed by atoms with van der Waals surface area (Å²) in [7, 11) is -1.41. The number of nitrogens with zero attached hydrogens (tertiary/aromatic N) is 1. The first-order chi connectivity index (χ1) is 14.2. The summed E-state index contributed by atoms with van der Waals surface area (Å²) >= 11 is 0. The van der Waals surface area contributed by atoms with Crippen LogP contribution in [0, 0.1) is 13.8 Å². The van der Waals surface area contributed by atoms with Crippen LogP contribution in [-0.4, -0.2) is 62.3 Å². The molecular formula is C23H31NO5S. The molecule has 164 valence electrons. The van der Waals surface area contributed by atoms with E-state index in [2.05, 4.69) is 11.0 Å². The molecule has 0 amide bonds. The van der Waals surface area contributed by atoms with Crippen molar-refractivity contribution in [2.45, 2.75) is 39.0 Å². The van der Waals surface area contributed by atoms with Crippen LogP contribution in [0.1, 0.15) is 23.1 Å². The number of rotatable bonds is 9. The van der Waals surface area contributed by atoms with Gasteiger partial charge in [-0.2, -0.15) is 0 Å². The van der Waals surface area contributed by atoms with E-state index in [1.165, 1.54) is 0 Å².